The first kappa shape index (κ1) is 19.7. The van der Waals surface area contributed by atoms with E-state index in [0.29, 0.717) is 18.7 Å². The molecule has 0 aliphatic carbocycles. The Bertz CT molecular complexity index is 877. The molecule has 7 heteroatoms. The number of nitrogens with one attached hydrogen (secondary N) is 1. The molecular formula is C21H24N4O3. The van der Waals surface area contributed by atoms with Crippen LogP contribution in [0.5, 0.6) is 0 Å². The average Bonchev–Trinajstić information content (AvgIpc) is 3.25. The van der Waals surface area contributed by atoms with Gasteiger partial charge in [0.2, 0.25) is 0 Å². The van der Waals surface area contributed by atoms with Crippen LogP contribution in [-0.4, -0.2) is 36.8 Å². The van der Waals surface area contributed by atoms with Crippen LogP contribution >= 0.6 is 0 Å². The molecule has 0 amide bonds. The van der Waals surface area contributed by atoms with Gasteiger partial charge in [0.1, 0.15) is 0 Å². The highest BCUT2D eigenvalue weighted by Crippen LogP contribution is 2.30. The van der Waals surface area contributed by atoms with Crippen molar-refractivity contribution in [2.24, 2.45) is 5.92 Å². The summed E-state index contributed by atoms with van der Waals surface area (Å²) in [7, 11) is 0. The normalized spacial score (nSPS) is 13.2. The van der Waals surface area contributed by atoms with Gasteiger partial charge in [0.05, 0.1) is 12.5 Å². The smallest absolute Gasteiger partial charge is 0.307 e. The number of hydrogen-bond acceptors (Lipinski definition) is 5. The van der Waals surface area contributed by atoms with Crippen LogP contribution in [0, 0.1) is 5.92 Å². The van der Waals surface area contributed by atoms with Crippen molar-refractivity contribution in [3.8, 4) is 11.1 Å². The molecule has 7 nitrogen and oxygen atoms in total. The van der Waals surface area contributed by atoms with Gasteiger partial charge in [-0.25, -0.2) is 0 Å². The van der Waals surface area contributed by atoms with E-state index in [4.69, 9.17) is 5.11 Å². The zero-order chi connectivity index (χ0) is 19.9. The van der Waals surface area contributed by atoms with E-state index in [9.17, 15) is 9.90 Å². The van der Waals surface area contributed by atoms with Gasteiger partial charge in [-0.1, -0.05) is 67.1 Å². The Kier molecular flexibility index (Phi) is 6.49. The molecule has 0 bridgehead atoms. The van der Waals surface area contributed by atoms with Crippen molar-refractivity contribution in [2.75, 3.05) is 0 Å². The molecule has 0 saturated heterocycles. The molecule has 1 heterocycles. The van der Waals surface area contributed by atoms with Crippen LogP contribution in [-0.2, 0) is 17.8 Å². The summed E-state index contributed by atoms with van der Waals surface area (Å²) in [5, 5.41) is 33.0. The molecule has 1 aromatic heterocycles. The highest BCUT2D eigenvalue weighted by molar-refractivity contribution is 5.71. The molecule has 3 rings (SSSR count). The van der Waals surface area contributed by atoms with E-state index in [1.54, 1.807) is 0 Å². The second-order valence-electron chi connectivity index (χ2n) is 6.87. The maximum atomic E-state index is 11.8. The number of nitrogens with zero attached hydrogens (tertiary/aromatic N) is 3. The summed E-state index contributed by atoms with van der Waals surface area (Å²) < 4.78 is 0. The van der Waals surface area contributed by atoms with E-state index in [2.05, 4.69) is 20.6 Å². The lowest BCUT2D eigenvalue weighted by Gasteiger charge is -2.21. The standard InChI is InChI=1S/C21H24N4O3/c1-2-3-18(21(27)28)19(20-22-24-25-23-20)12-14-4-8-16(9-5-14)17-10-6-15(13-26)7-11-17/h4-11,18-19,26H,2-3,12-13H2,1H3,(H,27,28)(H,22,23,24,25). The average molecular weight is 380 g/mol. The molecule has 0 aliphatic rings. The molecule has 2 unspecified atom stereocenters. The molecule has 146 valence electrons. The van der Waals surface area contributed by atoms with Gasteiger partial charge in [-0.05, 0) is 35.1 Å². The van der Waals surface area contributed by atoms with Crippen LogP contribution in [0.1, 0.15) is 42.6 Å². The van der Waals surface area contributed by atoms with Crippen molar-refractivity contribution in [1.29, 1.82) is 0 Å². The SMILES string of the molecule is CCCC(C(=O)O)C(Cc1ccc(-c2ccc(CO)cc2)cc1)c1nn[nH]n1. The first-order valence-corrected chi connectivity index (χ1v) is 9.37. The molecule has 0 saturated carbocycles. The Morgan fingerprint density at radius 3 is 2.11 bits per heavy atom. The van der Waals surface area contributed by atoms with Crippen molar-refractivity contribution in [1.82, 2.24) is 20.6 Å². The predicted molar refractivity (Wildman–Crippen MR) is 104 cm³/mol. The molecule has 0 radical (unpaired) electrons. The Labute approximate surface area is 163 Å². The number of aromatic amines is 1. The number of aromatic nitrogens is 4. The van der Waals surface area contributed by atoms with Gasteiger partial charge in [-0.2, -0.15) is 5.21 Å². The lowest BCUT2D eigenvalue weighted by atomic mass is 9.83. The molecule has 2 atom stereocenters. The van der Waals surface area contributed by atoms with Crippen LogP contribution in [0.25, 0.3) is 11.1 Å². The molecule has 0 aliphatic heterocycles. The van der Waals surface area contributed by atoms with Crippen LogP contribution in [0.15, 0.2) is 48.5 Å². The van der Waals surface area contributed by atoms with Gasteiger partial charge in [-0.15, -0.1) is 10.2 Å². The fourth-order valence-electron chi connectivity index (χ4n) is 3.44. The summed E-state index contributed by atoms with van der Waals surface area (Å²) >= 11 is 0. The van der Waals surface area contributed by atoms with E-state index < -0.39 is 11.9 Å². The summed E-state index contributed by atoms with van der Waals surface area (Å²) in [5.41, 5.74) is 4.02. The van der Waals surface area contributed by atoms with Crippen LogP contribution in [0.3, 0.4) is 0 Å². The Hall–Kier alpha value is -3.06. The number of aliphatic hydroxyl groups excluding tert-OH is 1. The van der Waals surface area contributed by atoms with Crippen molar-refractivity contribution in [3.63, 3.8) is 0 Å². The quantitative estimate of drug-likeness (QED) is 0.526. The summed E-state index contributed by atoms with van der Waals surface area (Å²) in [6.45, 7) is 2.00. The lowest BCUT2D eigenvalue weighted by Crippen LogP contribution is -2.25. The minimum absolute atomic E-state index is 0.0270. The first-order valence-electron chi connectivity index (χ1n) is 9.37. The number of rotatable bonds is 9. The molecule has 3 N–H and O–H groups in total. The number of H-pyrrole nitrogens is 1. The third-order valence-corrected chi connectivity index (χ3v) is 4.98. The van der Waals surface area contributed by atoms with Crippen molar-refractivity contribution < 1.29 is 15.0 Å². The Morgan fingerprint density at radius 1 is 1.04 bits per heavy atom. The van der Waals surface area contributed by atoms with Gasteiger partial charge in [0, 0.05) is 5.92 Å². The third kappa shape index (κ3) is 4.61. The van der Waals surface area contributed by atoms with Gasteiger partial charge < -0.3 is 10.2 Å². The van der Waals surface area contributed by atoms with E-state index in [-0.39, 0.29) is 12.5 Å². The van der Waals surface area contributed by atoms with Gasteiger partial charge >= 0.3 is 5.97 Å². The second-order valence-corrected chi connectivity index (χ2v) is 6.87. The topological polar surface area (TPSA) is 112 Å². The number of tetrazole rings is 1. The third-order valence-electron chi connectivity index (χ3n) is 4.98. The fraction of sp³-hybridized carbons (Fsp3) is 0.333. The summed E-state index contributed by atoms with van der Waals surface area (Å²) in [6, 6.07) is 15.8. The van der Waals surface area contributed by atoms with Gasteiger partial charge in [0.25, 0.3) is 0 Å². The first-order chi connectivity index (χ1) is 13.6. The monoisotopic (exact) mass is 380 g/mol. The predicted octanol–water partition coefficient (Wildman–Crippen LogP) is 3.19. The highest BCUT2D eigenvalue weighted by atomic mass is 16.4. The number of aliphatic carboxylic acids is 1. The minimum atomic E-state index is -0.836. The molecule has 0 fully saturated rings. The number of hydrogen-bond donors (Lipinski definition) is 3. The molecule has 3 aromatic rings. The molecular weight excluding hydrogens is 356 g/mol. The summed E-state index contributed by atoms with van der Waals surface area (Å²) in [4.78, 5) is 11.8. The molecule has 2 aromatic carbocycles. The lowest BCUT2D eigenvalue weighted by molar-refractivity contribution is -0.142. The number of benzene rings is 2. The maximum absolute atomic E-state index is 11.8. The highest BCUT2D eigenvalue weighted by Gasteiger charge is 2.31. The molecule has 28 heavy (non-hydrogen) atoms. The van der Waals surface area contributed by atoms with Crippen LogP contribution in [0.4, 0.5) is 0 Å². The van der Waals surface area contributed by atoms with Gasteiger partial charge in [0.15, 0.2) is 5.82 Å². The van der Waals surface area contributed by atoms with Crippen LogP contribution in [0.2, 0.25) is 0 Å². The number of carboxylic acid groups (broad SMARTS) is 1. The number of aliphatic hydroxyl groups is 1. The van der Waals surface area contributed by atoms with E-state index in [1.165, 1.54) is 0 Å². The second kappa shape index (κ2) is 9.23. The minimum Gasteiger partial charge on any atom is -0.481 e. The molecule has 0 spiro atoms. The van der Waals surface area contributed by atoms with Crippen molar-refractivity contribution in [2.45, 2.75) is 38.7 Å². The zero-order valence-electron chi connectivity index (χ0n) is 15.7. The number of carbonyl (C=O) groups is 1. The van der Waals surface area contributed by atoms with Gasteiger partial charge in [-0.3, -0.25) is 4.79 Å². The number of carboxylic acids is 1. The largest absolute Gasteiger partial charge is 0.481 e. The summed E-state index contributed by atoms with van der Waals surface area (Å²) in [5.74, 6) is -1.30. The Balaban J connectivity index is 1.81. The van der Waals surface area contributed by atoms with Crippen molar-refractivity contribution >= 4 is 5.97 Å². The van der Waals surface area contributed by atoms with E-state index >= 15 is 0 Å². The fourth-order valence-corrected chi connectivity index (χ4v) is 3.44. The van der Waals surface area contributed by atoms with E-state index in [0.717, 1.165) is 28.7 Å². The zero-order valence-corrected chi connectivity index (χ0v) is 15.7. The van der Waals surface area contributed by atoms with E-state index in [1.807, 2.05) is 55.5 Å². The Morgan fingerprint density at radius 2 is 1.64 bits per heavy atom. The maximum Gasteiger partial charge on any atom is 0.307 e. The van der Waals surface area contributed by atoms with Crippen molar-refractivity contribution in [3.05, 3.63) is 65.5 Å². The van der Waals surface area contributed by atoms with Crippen LogP contribution < -0.4 is 0 Å². The summed E-state index contributed by atoms with van der Waals surface area (Å²) in [6.07, 6.45) is 1.86.